The highest BCUT2D eigenvalue weighted by Gasteiger charge is 2.05. The summed E-state index contributed by atoms with van der Waals surface area (Å²) in [7, 11) is 1.55. The zero-order valence-electron chi connectivity index (χ0n) is 12.5. The first kappa shape index (κ1) is 15.0. The van der Waals surface area contributed by atoms with Gasteiger partial charge in [0.15, 0.2) is 0 Å². The largest absolute Gasteiger partial charge is 0.467 e. The highest BCUT2D eigenvalue weighted by Crippen LogP contribution is 2.11. The third-order valence-electron chi connectivity index (χ3n) is 2.90. The molecule has 0 atom stereocenters. The van der Waals surface area contributed by atoms with Gasteiger partial charge in [-0.2, -0.15) is 15.0 Å². The molecule has 0 spiro atoms. The first-order chi connectivity index (χ1) is 10.3. The molecule has 6 nitrogen and oxygen atoms in total. The average Bonchev–Trinajstić information content (AvgIpc) is 2.53. The maximum atomic E-state index is 5.08. The van der Waals surface area contributed by atoms with E-state index in [1.807, 2.05) is 13.0 Å². The summed E-state index contributed by atoms with van der Waals surface area (Å²) >= 11 is 0. The van der Waals surface area contributed by atoms with Crippen LogP contribution in [-0.2, 0) is 6.42 Å². The number of anilines is 2. The Labute approximate surface area is 125 Å². The molecule has 0 fully saturated rings. The lowest BCUT2D eigenvalue weighted by Gasteiger charge is -2.08. The third kappa shape index (κ3) is 4.91. The van der Waals surface area contributed by atoms with Crippen molar-refractivity contribution in [1.29, 1.82) is 0 Å². The number of nitrogens with zero attached hydrogens (tertiary/aromatic N) is 3. The first-order valence-electron chi connectivity index (χ1n) is 7.13. The van der Waals surface area contributed by atoms with Gasteiger partial charge >= 0.3 is 6.01 Å². The fraction of sp³-hybridized carbons (Fsp3) is 0.400. The second kappa shape index (κ2) is 8.04. The fourth-order valence-corrected chi connectivity index (χ4v) is 1.90. The molecule has 0 bridgehead atoms. The maximum absolute atomic E-state index is 5.08. The van der Waals surface area contributed by atoms with Gasteiger partial charge in [-0.1, -0.05) is 30.3 Å². The van der Waals surface area contributed by atoms with Crippen LogP contribution in [0.2, 0.25) is 0 Å². The van der Waals surface area contributed by atoms with E-state index < -0.39 is 0 Å². The standard InChI is InChI=1S/C15H21N5O/c1-3-16-13-18-14(20-15(19-13)21-2)17-11-7-10-12-8-5-4-6-9-12/h4-6,8-9H,3,7,10-11H2,1-2H3,(H2,16,17,18,19,20). The number of methoxy groups -OCH3 is 1. The van der Waals surface area contributed by atoms with Crippen molar-refractivity contribution in [2.75, 3.05) is 30.8 Å². The molecule has 2 aromatic rings. The molecule has 0 unspecified atom stereocenters. The van der Waals surface area contributed by atoms with E-state index >= 15 is 0 Å². The van der Waals surface area contributed by atoms with Crippen molar-refractivity contribution in [2.45, 2.75) is 19.8 Å². The van der Waals surface area contributed by atoms with E-state index in [2.05, 4.69) is 49.9 Å². The molecule has 0 saturated carbocycles. The summed E-state index contributed by atoms with van der Waals surface area (Å²) in [5, 5.41) is 6.26. The van der Waals surface area contributed by atoms with Crippen LogP contribution in [0.3, 0.4) is 0 Å². The van der Waals surface area contributed by atoms with Gasteiger partial charge in [0.1, 0.15) is 0 Å². The molecule has 2 rings (SSSR count). The Morgan fingerprint density at radius 2 is 1.71 bits per heavy atom. The van der Waals surface area contributed by atoms with E-state index in [1.54, 1.807) is 7.11 Å². The minimum atomic E-state index is 0.312. The Kier molecular flexibility index (Phi) is 5.75. The maximum Gasteiger partial charge on any atom is 0.322 e. The minimum absolute atomic E-state index is 0.312. The number of benzene rings is 1. The van der Waals surface area contributed by atoms with Crippen LogP contribution in [-0.4, -0.2) is 35.2 Å². The summed E-state index contributed by atoms with van der Waals surface area (Å²) in [6.07, 6.45) is 2.03. The van der Waals surface area contributed by atoms with Gasteiger partial charge in [-0.15, -0.1) is 0 Å². The van der Waals surface area contributed by atoms with Gasteiger partial charge in [-0.25, -0.2) is 0 Å². The SMILES string of the molecule is CCNc1nc(NCCCc2ccccc2)nc(OC)n1. The van der Waals surface area contributed by atoms with Crippen molar-refractivity contribution < 1.29 is 4.74 Å². The third-order valence-corrected chi connectivity index (χ3v) is 2.90. The van der Waals surface area contributed by atoms with E-state index in [1.165, 1.54) is 5.56 Å². The smallest absolute Gasteiger partial charge is 0.322 e. The number of hydrogen-bond acceptors (Lipinski definition) is 6. The first-order valence-corrected chi connectivity index (χ1v) is 7.13. The van der Waals surface area contributed by atoms with Crippen LogP contribution < -0.4 is 15.4 Å². The molecule has 6 heteroatoms. The summed E-state index contributed by atoms with van der Waals surface area (Å²) in [4.78, 5) is 12.6. The van der Waals surface area contributed by atoms with Gasteiger partial charge in [0.2, 0.25) is 11.9 Å². The van der Waals surface area contributed by atoms with Crippen LogP contribution in [0.5, 0.6) is 6.01 Å². The monoisotopic (exact) mass is 287 g/mol. The lowest BCUT2D eigenvalue weighted by atomic mass is 10.1. The van der Waals surface area contributed by atoms with Gasteiger partial charge in [0, 0.05) is 13.1 Å². The van der Waals surface area contributed by atoms with Crippen LogP contribution in [0.1, 0.15) is 18.9 Å². The molecule has 0 aliphatic rings. The Hall–Kier alpha value is -2.37. The molecule has 0 aliphatic heterocycles. The molecular weight excluding hydrogens is 266 g/mol. The fourth-order valence-electron chi connectivity index (χ4n) is 1.90. The van der Waals surface area contributed by atoms with Gasteiger partial charge in [-0.05, 0) is 25.3 Å². The highest BCUT2D eigenvalue weighted by atomic mass is 16.5. The van der Waals surface area contributed by atoms with Crippen LogP contribution in [0.25, 0.3) is 0 Å². The number of aryl methyl sites for hydroxylation is 1. The van der Waals surface area contributed by atoms with E-state index in [0.717, 1.165) is 25.9 Å². The molecule has 0 radical (unpaired) electrons. The van der Waals surface area contributed by atoms with Crippen molar-refractivity contribution in [3.63, 3.8) is 0 Å². The normalized spacial score (nSPS) is 10.2. The van der Waals surface area contributed by atoms with Crippen LogP contribution >= 0.6 is 0 Å². The quantitative estimate of drug-likeness (QED) is 0.726. The molecule has 1 heterocycles. The molecule has 0 aliphatic carbocycles. The molecule has 0 saturated heterocycles. The molecule has 1 aromatic heterocycles. The number of ether oxygens (including phenoxy) is 1. The lowest BCUT2D eigenvalue weighted by molar-refractivity contribution is 0.379. The topological polar surface area (TPSA) is 72.0 Å². The number of hydrogen-bond donors (Lipinski definition) is 2. The summed E-state index contributed by atoms with van der Waals surface area (Å²) in [5.74, 6) is 1.06. The van der Waals surface area contributed by atoms with Gasteiger partial charge in [0.05, 0.1) is 7.11 Å². The number of nitrogens with one attached hydrogen (secondary N) is 2. The summed E-state index contributed by atoms with van der Waals surface area (Å²) < 4.78 is 5.08. The summed E-state index contributed by atoms with van der Waals surface area (Å²) in [6.45, 7) is 3.54. The Bertz CT molecular complexity index is 547. The van der Waals surface area contributed by atoms with E-state index in [9.17, 15) is 0 Å². The molecule has 21 heavy (non-hydrogen) atoms. The average molecular weight is 287 g/mol. The molecule has 1 aromatic carbocycles. The van der Waals surface area contributed by atoms with E-state index in [-0.39, 0.29) is 0 Å². The summed E-state index contributed by atoms with van der Waals surface area (Å²) in [6, 6.07) is 10.7. The lowest BCUT2D eigenvalue weighted by Crippen LogP contribution is -2.11. The Morgan fingerprint density at radius 3 is 2.38 bits per heavy atom. The van der Waals surface area contributed by atoms with Crippen LogP contribution in [0, 0.1) is 0 Å². The van der Waals surface area contributed by atoms with Crippen molar-refractivity contribution in [3.8, 4) is 6.01 Å². The minimum Gasteiger partial charge on any atom is -0.467 e. The Balaban J connectivity index is 1.86. The highest BCUT2D eigenvalue weighted by molar-refractivity contribution is 5.35. The molecule has 0 amide bonds. The van der Waals surface area contributed by atoms with Crippen molar-refractivity contribution >= 4 is 11.9 Å². The van der Waals surface area contributed by atoms with Gasteiger partial charge in [-0.3, -0.25) is 0 Å². The predicted molar refractivity (Wildman–Crippen MR) is 83.8 cm³/mol. The molecule has 2 N–H and O–H groups in total. The van der Waals surface area contributed by atoms with Crippen molar-refractivity contribution in [3.05, 3.63) is 35.9 Å². The predicted octanol–water partition coefficient (Wildman–Crippen LogP) is 2.36. The van der Waals surface area contributed by atoms with Crippen LogP contribution in [0.4, 0.5) is 11.9 Å². The second-order valence-corrected chi connectivity index (χ2v) is 4.52. The zero-order valence-corrected chi connectivity index (χ0v) is 12.5. The second-order valence-electron chi connectivity index (χ2n) is 4.52. The molecular formula is C15H21N5O. The van der Waals surface area contributed by atoms with Gasteiger partial charge in [0.25, 0.3) is 0 Å². The number of rotatable bonds is 8. The van der Waals surface area contributed by atoms with E-state index in [4.69, 9.17) is 4.74 Å². The molecule has 112 valence electrons. The number of aromatic nitrogens is 3. The van der Waals surface area contributed by atoms with E-state index in [0.29, 0.717) is 17.9 Å². The summed E-state index contributed by atoms with van der Waals surface area (Å²) in [5.41, 5.74) is 1.33. The van der Waals surface area contributed by atoms with Crippen LogP contribution in [0.15, 0.2) is 30.3 Å². The van der Waals surface area contributed by atoms with Crippen molar-refractivity contribution in [1.82, 2.24) is 15.0 Å². The van der Waals surface area contributed by atoms with Crippen molar-refractivity contribution in [2.24, 2.45) is 0 Å². The Morgan fingerprint density at radius 1 is 1.00 bits per heavy atom. The zero-order chi connectivity index (χ0) is 14.9. The van der Waals surface area contributed by atoms with Gasteiger partial charge < -0.3 is 15.4 Å².